The number of nitrogens with zero attached hydrogens (tertiary/aromatic N) is 2. The van der Waals surface area contributed by atoms with Gasteiger partial charge in [-0.1, -0.05) is 59.0 Å². The first-order valence-corrected chi connectivity index (χ1v) is 9.83. The van der Waals surface area contributed by atoms with E-state index in [-0.39, 0.29) is 0 Å². The third-order valence-electron chi connectivity index (χ3n) is 4.12. The lowest BCUT2D eigenvalue weighted by atomic mass is 10.0. The number of halogens is 3. The standard InChI is InChI=1S/C20H19BrCl2N2O/c1-12(2)15-10-25(20-17(22)5-4-6-18(20)23)24-19(15)11-26-14-7-8-16(21)13(3)9-14/h4-10,12H,11H2,1-3H3. The number of aromatic nitrogens is 2. The third-order valence-corrected chi connectivity index (χ3v) is 5.62. The lowest BCUT2D eigenvalue weighted by molar-refractivity contribution is 0.298. The fourth-order valence-electron chi connectivity index (χ4n) is 2.70. The Morgan fingerprint density at radius 2 is 1.85 bits per heavy atom. The Balaban J connectivity index is 1.91. The second-order valence-electron chi connectivity index (χ2n) is 6.40. The van der Waals surface area contributed by atoms with Crippen LogP contribution >= 0.6 is 39.1 Å². The summed E-state index contributed by atoms with van der Waals surface area (Å²) < 4.78 is 8.77. The van der Waals surface area contributed by atoms with Gasteiger partial charge in [0.1, 0.15) is 23.7 Å². The molecule has 0 N–H and O–H groups in total. The molecule has 0 unspecified atom stereocenters. The number of ether oxygens (including phenoxy) is 1. The molecule has 26 heavy (non-hydrogen) atoms. The van der Waals surface area contributed by atoms with Gasteiger partial charge in [0, 0.05) is 10.7 Å². The fourth-order valence-corrected chi connectivity index (χ4v) is 3.52. The Bertz CT molecular complexity index is 917. The molecule has 0 aliphatic carbocycles. The Labute approximate surface area is 172 Å². The second kappa shape index (κ2) is 8.03. The molecule has 3 rings (SSSR count). The summed E-state index contributed by atoms with van der Waals surface area (Å²) in [6.07, 6.45) is 1.98. The van der Waals surface area contributed by atoms with Gasteiger partial charge in [0.25, 0.3) is 0 Å². The highest BCUT2D eigenvalue weighted by molar-refractivity contribution is 9.10. The van der Waals surface area contributed by atoms with E-state index in [1.54, 1.807) is 16.8 Å². The van der Waals surface area contributed by atoms with Crippen LogP contribution in [0.3, 0.4) is 0 Å². The smallest absolute Gasteiger partial charge is 0.132 e. The van der Waals surface area contributed by atoms with Crippen molar-refractivity contribution in [1.82, 2.24) is 9.78 Å². The van der Waals surface area contributed by atoms with E-state index in [2.05, 4.69) is 29.8 Å². The van der Waals surface area contributed by atoms with Crippen molar-refractivity contribution in [2.75, 3.05) is 0 Å². The first kappa shape index (κ1) is 19.3. The van der Waals surface area contributed by atoms with E-state index >= 15 is 0 Å². The molecule has 1 heterocycles. The Kier molecular flexibility index (Phi) is 5.96. The van der Waals surface area contributed by atoms with E-state index in [1.807, 2.05) is 37.4 Å². The number of rotatable bonds is 5. The van der Waals surface area contributed by atoms with Crippen molar-refractivity contribution in [1.29, 1.82) is 0 Å². The average Bonchev–Trinajstić information content (AvgIpc) is 3.00. The van der Waals surface area contributed by atoms with Gasteiger partial charge in [-0.15, -0.1) is 0 Å². The molecule has 0 aliphatic rings. The SMILES string of the molecule is Cc1cc(OCc2nn(-c3c(Cl)cccc3Cl)cc2C(C)C)ccc1Br. The van der Waals surface area contributed by atoms with Crippen LogP contribution in [0.2, 0.25) is 10.0 Å². The number of hydrogen-bond acceptors (Lipinski definition) is 2. The molecular formula is C20H19BrCl2N2O. The summed E-state index contributed by atoms with van der Waals surface area (Å²) >= 11 is 16.2. The lowest BCUT2D eigenvalue weighted by Crippen LogP contribution is -2.02. The number of para-hydroxylation sites is 1. The molecule has 136 valence electrons. The van der Waals surface area contributed by atoms with Gasteiger partial charge in [0.05, 0.1) is 10.0 Å². The zero-order chi connectivity index (χ0) is 18.8. The normalized spacial score (nSPS) is 11.2. The highest BCUT2D eigenvalue weighted by atomic mass is 79.9. The molecule has 0 fully saturated rings. The van der Waals surface area contributed by atoms with Crippen LogP contribution in [0.5, 0.6) is 5.75 Å². The molecule has 6 heteroatoms. The molecule has 0 aliphatic heterocycles. The predicted molar refractivity (Wildman–Crippen MR) is 111 cm³/mol. The second-order valence-corrected chi connectivity index (χ2v) is 8.07. The molecule has 3 nitrogen and oxygen atoms in total. The van der Waals surface area contributed by atoms with E-state index in [0.29, 0.717) is 28.3 Å². The quantitative estimate of drug-likeness (QED) is 0.417. The van der Waals surface area contributed by atoms with Crippen molar-refractivity contribution in [2.45, 2.75) is 33.3 Å². The van der Waals surface area contributed by atoms with Gasteiger partial charge in [-0.05, 0) is 54.3 Å². The Morgan fingerprint density at radius 3 is 2.46 bits per heavy atom. The van der Waals surface area contributed by atoms with Crippen molar-refractivity contribution < 1.29 is 4.74 Å². The molecular weight excluding hydrogens is 435 g/mol. The summed E-state index contributed by atoms with van der Waals surface area (Å²) in [5.74, 6) is 1.11. The monoisotopic (exact) mass is 452 g/mol. The maximum atomic E-state index is 6.33. The maximum absolute atomic E-state index is 6.33. The molecule has 0 saturated heterocycles. The van der Waals surface area contributed by atoms with Crippen LogP contribution in [0.25, 0.3) is 5.69 Å². The largest absolute Gasteiger partial charge is 0.487 e. The van der Waals surface area contributed by atoms with Crippen LogP contribution in [0.15, 0.2) is 47.1 Å². The molecule has 0 bridgehead atoms. The lowest BCUT2D eigenvalue weighted by Gasteiger charge is -2.09. The summed E-state index contributed by atoms with van der Waals surface area (Å²) in [5.41, 5.74) is 3.79. The summed E-state index contributed by atoms with van der Waals surface area (Å²) in [7, 11) is 0. The molecule has 3 aromatic rings. The van der Waals surface area contributed by atoms with Gasteiger partial charge in [-0.2, -0.15) is 5.10 Å². The van der Waals surface area contributed by atoms with E-state index in [4.69, 9.17) is 33.0 Å². The van der Waals surface area contributed by atoms with Gasteiger partial charge in [-0.3, -0.25) is 0 Å². The van der Waals surface area contributed by atoms with Crippen molar-refractivity contribution in [3.05, 3.63) is 73.9 Å². The van der Waals surface area contributed by atoms with Crippen molar-refractivity contribution in [3.63, 3.8) is 0 Å². The van der Waals surface area contributed by atoms with E-state index in [0.717, 1.165) is 27.0 Å². The highest BCUT2D eigenvalue weighted by Crippen LogP contribution is 2.30. The summed E-state index contributed by atoms with van der Waals surface area (Å²) in [6, 6.07) is 11.4. The molecule has 0 spiro atoms. The number of aryl methyl sites for hydroxylation is 1. The minimum Gasteiger partial charge on any atom is -0.487 e. The van der Waals surface area contributed by atoms with Crippen LogP contribution in [-0.4, -0.2) is 9.78 Å². The van der Waals surface area contributed by atoms with Crippen LogP contribution in [-0.2, 0) is 6.61 Å². The summed E-state index contributed by atoms with van der Waals surface area (Å²) in [6.45, 7) is 6.67. The van der Waals surface area contributed by atoms with Crippen LogP contribution in [0.1, 0.15) is 36.6 Å². The fraction of sp³-hybridized carbons (Fsp3) is 0.250. The summed E-state index contributed by atoms with van der Waals surface area (Å²) in [4.78, 5) is 0. The van der Waals surface area contributed by atoms with E-state index < -0.39 is 0 Å². The van der Waals surface area contributed by atoms with Crippen molar-refractivity contribution >= 4 is 39.1 Å². The average molecular weight is 454 g/mol. The van der Waals surface area contributed by atoms with Gasteiger partial charge in [-0.25, -0.2) is 4.68 Å². The molecule has 0 radical (unpaired) electrons. The zero-order valence-electron chi connectivity index (χ0n) is 14.8. The third kappa shape index (κ3) is 4.08. The van der Waals surface area contributed by atoms with Gasteiger partial charge < -0.3 is 4.74 Å². The Hall–Kier alpha value is -1.49. The molecule has 0 atom stereocenters. The van der Waals surface area contributed by atoms with Crippen LogP contribution < -0.4 is 4.74 Å². The van der Waals surface area contributed by atoms with Crippen LogP contribution in [0, 0.1) is 6.92 Å². The van der Waals surface area contributed by atoms with Gasteiger partial charge in [0.2, 0.25) is 0 Å². The number of hydrogen-bond donors (Lipinski definition) is 0. The molecule has 1 aromatic heterocycles. The highest BCUT2D eigenvalue weighted by Gasteiger charge is 2.17. The van der Waals surface area contributed by atoms with Crippen molar-refractivity contribution in [3.8, 4) is 11.4 Å². The molecule has 0 saturated carbocycles. The minimum atomic E-state index is 0.301. The molecule has 2 aromatic carbocycles. The molecule has 0 amide bonds. The Morgan fingerprint density at radius 1 is 1.15 bits per heavy atom. The van der Waals surface area contributed by atoms with Gasteiger partial charge in [0.15, 0.2) is 0 Å². The first-order valence-electron chi connectivity index (χ1n) is 8.28. The number of benzene rings is 2. The van der Waals surface area contributed by atoms with Crippen LogP contribution in [0.4, 0.5) is 0 Å². The summed E-state index contributed by atoms with van der Waals surface area (Å²) in [5, 5.41) is 5.81. The minimum absolute atomic E-state index is 0.301. The van der Waals surface area contributed by atoms with Gasteiger partial charge >= 0.3 is 0 Å². The van der Waals surface area contributed by atoms with E-state index in [9.17, 15) is 0 Å². The first-order chi connectivity index (χ1) is 12.4. The van der Waals surface area contributed by atoms with Crippen molar-refractivity contribution in [2.24, 2.45) is 0 Å². The topological polar surface area (TPSA) is 27.1 Å². The predicted octanol–water partition coefficient (Wildman–Crippen LogP) is 6.95. The van der Waals surface area contributed by atoms with E-state index in [1.165, 1.54) is 0 Å². The maximum Gasteiger partial charge on any atom is 0.132 e. The zero-order valence-corrected chi connectivity index (χ0v) is 17.9.